The number of fused-ring (bicyclic) bond motifs is 1. The van der Waals surface area contributed by atoms with Crippen molar-refractivity contribution in [2.75, 3.05) is 26.1 Å². The Hall–Kier alpha value is -2.41. The van der Waals surface area contributed by atoms with Crippen LogP contribution in [0.15, 0.2) is 23.1 Å². The Morgan fingerprint density at radius 1 is 1.48 bits per heavy atom. The van der Waals surface area contributed by atoms with Crippen LogP contribution >= 0.6 is 0 Å². The predicted octanol–water partition coefficient (Wildman–Crippen LogP) is 0.802. The van der Waals surface area contributed by atoms with Crippen LogP contribution in [0.3, 0.4) is 0 Å². The number of methoxy groups -OCH3 is 1. The Bertz CT molecular complexity index is 724. The molecule has 0 saturated carbocycles. The number of carbonyl (C=O) groups excluding carboxylic acids is 1. The molecule has 7 heteroatoms. The fourth-order valence-corrected chi connectivity index (χ4v) is 2.09. The van der Waals surface area contributed by atoms with Gasteiger partial charge in [0.25, 0.3) is 5.56 Å². The molecule has 0 aliphatic carbocycles. The number of esters is 1. The summed E-state index contributed by atoms with van der Waals surface area (Å²) in [7, 11) is 1.53. The number of aromatic nitrogens is 2. The SMILES string of the molecule is CCOC(=O)c1c(N)c2cccnc2n(CCOC)c1=O. The minimum absolute atomic E-state index is 0.0928. The summed E-state index contributed by atoms with van der Waals surface area (Å²) in [5, 5.41) is 0.538. The molecule has 0 aromatic carbocycles. The number of hydrogen-bond acceptors (Lipinski definition) is 6. The van der Waals surface area contributed by atoms with Crippen molar-refractivity contribution in [3.63, 3.8) is 0 Å². The standard InChI is InChI=1S/C14H17N3O4/c1-3-21-14(19)10-11(15)9-5-4-6-16-12(9)17(13(10)18)7-8-20-2/h4-6H,3,7-8,15H2,1-2H3. The molecule has 0 atom stereocenters. The van der Waals surface area contributed by atoms with Crippen LogP contribution in [0.25, 0.3) is 11.0 Å². The van der Waals surface area contributed by atoms with Crippen molar-refractivity contribution >= 4 is 22.7 Å². The van der Waals surface area contributed by atoms with Crippen LogP contribution < -0.4 is 11.3 Å². The second-order valence-corrected chi connectivity index (χ2v) is 4.33. The van der Waals surface area contributed by atoms with E-state index in [2.05, 4.69) is 4.98 Å². The van der Waals surface area contributed by atoms with Gasteiger partial charge in [0.05, 0.1) is 25.4 Å². The molecular formula is C14H17N3O4. The summed E-state index contributed by atoms with van der Waals surface area (Å²) >= 11 is 0. The van der Waals surface area contributed by atoms with E-state index in [1.54, 1.807) is 25.3 Å². The van der Waals surface area contributed by atoms with Crippen molar-refractivity contribution in [1.82, 2.24) is 9.55 Å². The minimum atomic E-state index is -0.725. The number of pyridine rings is 2. The maximum absolute atomic E-state index is 12.5. The van der Waals surface area contributed by atoms with Gasteiger partial charge in [-0.1, -0.05) is 0 Å². The summed E-state index contributed by atoms with van der Waals surface area (Å²) in [6.45, 7) is 2.42. The maximum Gasteiger partial charge on any atom is 0.345 e. The highest BCUT2D eigenvalue weighted by Gasteiger charge is 2.22. The van der Waals surface area contributed by atoms with Crippen LogP contribution in [-0.2, 0) is 16.0 Å². The Kier molecular flexibility index (Phi) is 4.54. The number of rotatable bonds is 5. The summed E-state index contributed by atoms with van der Waals surface area (Å²) in [6.07, 6.45) is 1.56. The molecular weight excluding hydrogens is 274 g/mol. The smallest absolute Gasteiger partial charge is 0.345 e. The lowest BCUT2D eigenvalue weighted by molar-refractivity contribution is 0.0525. The minimum Gasteiger partial charge on any atom is -0.462 e. The molecule has 2 aromatic heterocycles. The molecule has 2 aromatic rings. The van der Waals surface area contributed by atoms with Gasteiger partial charge in [0.2, 0.25) is 0 Å². The maximum atomic E-state index is 12.5. The van der Waals surface area contributed by atoms with Crippen molar-refractivity contribution < 1.29 is 14.3 Å². The van der Waals surface area contributed by atoms with Crippen molar-refractivity contribution in [1.29, 1.82) is 0 Å². The van der Waals surface area contributed by atoms with Crippen molar-refractivity contribution in [3.05, 3.63) is 34.2 Å². The first-order valence-electron chi connectivity index (χ1n) is 6.54. The van der Waals surface area contributed by atoms with E-state index >= 15 is 0 Å². The molecule has 0 bridgehead atoms. The van der Waals surface area contributed by atoms with Crippen LogP contribution in [0, 0.1) is 0 Å². The van der Waals surface area contributed by atoms with E-state index in [0.29, 0.717) is 17.6 Å². The number of nitrogens with two attached hydrogens (primary N) is 1. The molecule has 0 amide bonds. The molecule has 0 aliphatic rings. The summed E-state index contributed by atoms with van der Waals surface area (Å²) < 4.78 is 11.3. The Balaban J connectivity index is 2.74. The van der Waals surface area contributed by atoms with E-state index in [9.17, 15) is 9.59 Å². The molecule has 0 saturated heterocycles. The third kappa shape index (κ3) is 2.73. The first-order chi connectivity index (χ1) is 10.1. The number of anilines is 1. The molecule has 0 spiro atoms. The first-order valence-corrected chi connectivity index (χ1v) is 6.54. The Morgan fingerprint density at radius 2 is 2.24 bits per heavy atom. The summed E-state index contributed by atoms with van der Waals surface area (Å²) in [5.74, 6) is -0.725. The summed E-state index contributed by atoms with van der Waals surface area (Å²) in [4.78, 5) is 28.7. The van der Waals surface area contributed by atoms with Crippen molar-refractivity contribution in [3.8, 4) is 0 Å². The van der Waals surface area contributed by atoms with Crippen molar-refractivity contribution in [2.45, 2.75) is 13.5 Å². The molecule has 7 nitrogen and oxygen atoms in total. The van der Waals surface area contributed by atoms with E-state index in [1.807, 2.05) is 0 Å². The van der Waals surface area contributed by atoms with E-state index in [-0.39, 0.29) is 24.4 Å². The molecule has 0 fully saturated rings. The zero-order valence-corrected chi connectivity index (χ0v) is 12.0. The second-order valence-electron chi connectivity index (χ2n) is 4.33. The highest BCUT2D eigenvalue weighted by Crippen LogP contribution is 2.21. The van der Waals surface area contributed by atoms with Gasteiger partial charge < -0.3 is 15.2 Å². The van der Waals surface area contributed by atoms with Crippen LogP contribution in [0.4, 0.5) is 5.69 Å². The number of carbonyl (C=O) groups is 1. The third-order valence-corrected chi connectivity index (χ3v) is 3.06. The lowest BCUT2D eigenvalue weighted by Crippen LogP contribution is -2.31. The highest BCUT2D eigenvalue weighted by atomic mass is 16.5. The highest BCUT2D eigenvalue weighted by molar-refractivity contribution is 6.03. The van der Waals surface area contributed by atoms with Gasteiger partial charge in [-0.25, -0.2) is 9.78 Å². The average Bonchev–Trinajstić information content (AvgIpc) is 2.47. The number of ether oxygens (including phenoxy) is 2. The van der Waals surface area contributed by atoms with Gasteiger partial charge in [-0.05, 0) is 19.1 Å². The molecule has 2 heterocycles. The van der Waals surface area contributed by atoms with Gasteiger partial charge in [-0.15, -0.1) is 0 Å². The lowest BCUT2D eigenvalue weighted by atomic mass is 10.1. The van der Waals surface area contributed by atoms with Gasteiger partial charge in [-0.3, -0.25) is 9.36 Å². The molecule has 21 heavy (non-hydrogen) atoms. The average molecular weight is 291 g/mol. The molecule has 0 aliphatic heterocycles. The lowest BCUT2D eigenvalue weighted by Gasteiger charge is -2.13. The normalized spacial score (nSPS) is 10.8. The number of hydrogen-bond donors (Lipinski definition) is 1. The molecule has 0 unspecified atom stereocenters. The van der Waals surface area contributed by atoms with E-state index in [4.69, 9.17) is 15.2 Å². The van der Waals surface area contributed by atoms with E-state index in [0.717, 1.165) is 0 Å². The van der Waals surface area contributed by atoms with E-state index in [1.165, 1.54) is 11.7 Å². The largest absolute Gasteiger partial charge is 0.462 e. The van der Waals surface area contributed by atoms with Gasteiger partial charge >= 0.3 is 5.97 Å². The fraction of sp³-hybridized carbons (Fsp3) is 0.357. The summed E-state index contributed by atoms with van der Waals surface area (Å²) in [5.41, 5.74) is 5.80. The Morgan fingerprint density at radius 3 is 2.90 bits per heavy atom. The van der Waals surface area contributed by atoms with Crippen LogP contribution in [0.1, 0.15) is 17.3 Å². The zero-order chi connectivity index (χ0) is 15.4. The first kappa shape index (κ1) is 15.0. The Labute approximate surface area is 121 Å². The molecule has 112 valence electrons. The van der Waals surface area contributed by atoms with Gasteiger partial charge in [0, 0.05) is 18.7 Å². The molecule has 2 rings (SSSR count). The van der Waals surface area contributed by atoms with Crippen LogP contribution in [0.5, 0.6) is 0 Å². The topological polar surface area (TPSA) is 96.4 Å². The van der Waals surface area contributed by atoms with Gasteiger partial charge in [0.1, 0.15) is 11.2 Å². The van der Waals surface area contributed by atoms with Gasteiger partial charge in [0.15, 0.2) is 0 Å². The predicted molar refractivity (Wildman–Crippen MR) is 78.2 cm³/mol. The third-order valence-electron chi connectivity index (χ3n) is 3.06. The number of nitrogen functional groups attached to an aromatic ring is 1. The summed E-state index contributed by atoms with van der Waals surface area (Å²) in [6, 6.07) is 3.40. The zero-order valence-electron chi connectivity index (χ0n) is 12.0. The van der Waals surface area contributed by atoms with Crippen LogP contribution in [-0.4, -0.2) is 35.8 Å². The van der Waals surface area contributed by atoms with E-state index < -0.39 is 11.5 Å². The fourth-order valence-electron chi connectivity index (χ4n) is 2.09. The number of nitrogens with zero attached hydrogens (tertiary/aromatic N) is 2. The second kappa shape index (κ2) is 6.36. The van der Waals surface area contributed by atoms with Crippen molar-refractivity contribution in [2.24, 2.45) is 0 Å². The molecule has 2 N–H and O–H groups in total. The quantitative estimate of drug-likeness (QED) is 0.819. The molecule has 0 radical (unpaired) electrons. The van der Waals surface area contributed by atoms with Gasteiger partial charge in [-0.2, -0.15) is 0 Å². The monoisotopic (exact) mass is 291 g/mol. The van der Waals surface area contributed by atoms with Crippen LogP contribution in [0.2, 0.25) is 0 Å².